The first kappa shape index (κ1) is 15.9. The van der Waals surface area contributed by atoms with E-state index in [-0.39, 0.29) is 6.54 Å². The van der Waals surface area contributed by atoms with Crippen LogP contribution >= 0.6 is 0 Å². The van der Waals surface area contributed by atoms with Gasteiger partial charge >= 0.3 is 0 Å². The van der Waals surface area contributed by atoms with Crippen LogP contribution in [0.2, 0.25) is 0 Å². The molecule has 0 saturated carbocycles. The van der Waals surface area contributed by atoms with E-state index in [2.05, 4.69) is 0 Å². The quantitative estimate of drug-likeness (QED) is 0.783. The minimum Gasteiger partial charge on any atom is -0.392 e. The Morgan fingerprint density at radius 1 is 1.26 bits per heavy atom. The average Bonchev–Trinajstić information content (AvgIpc) is 2.34. The van der Waals surface area contributed by atoms with Gasteiger partial charge in [-0.3, -0.25) is 0 Å². The molecule has 0 aliphatic carbocycles. The zero-order valence-corrected chi connectivity index (χ0v) is 11.0. The summed E-state index contributed by atoms with van der Waals surface area (Å²) in [7, 11) is -4.34. The van der Waals surface area contributed by atoms with Crippen molar-refractivity contribution in [2.24, 2.45) is 0 Å². The third-order valence-corrected chi connectivity index (χ3v) is 3.86. The van der Waals surface area contributed by atoms with Gasteiger partial charge in [-0.2, -0.15) is 0 Å². The lowest BCUT2D eigenvalue weighted by Crippen LogP contribution is -2.32. The largest absolute Gasteiger partial charge is 0.392 e. The minimum absolute atomic E-state index is 0.325. The number of halogens is 3. The normalized spacial score (nSPS) is 13.5. The van der Waals surface area contributed by atoms with Crippen LogP contribution < -0.4 is 4.72 Å². The lowest BCUT2D eigenvalue weighted by Gasteiger charge is -2.12. The predicted octanol–water partition coefficient (Wildman–Crippen LogP) is 1.54. The molecule has 108 valence electrons. The molecule has 8 heteroatoms. The van der Waals surface area contributed by atoms with Crippen LogP contribution in [0.5, 0.6) is 0 Å². The van der Waals surface area contributed by atoms with Gasteiger partial charge in [0.25, 0.3) is 0 Å². The summed E-state index contributed by atoms with van der Waals surface area (Å²) in [5, 5.41) is 9.37. The van der Waals surface area contributed by atoms with Crippen LogP contribution in [0.1, 0.15) is 19.8 Å². The molecule has 19 heavy (non-hydrogen) atoms. The third-order valence-electron chi connectivity index (χ3n) is 2.42. The molecular formula is C11H14F3NO3S. The van der Waals surface area contributed by atoms with Crippen LogP contribution in [0.25, 0.3) is 0 Å². The lowest BCUT2D eigenvalue weighted by atomic mass is 10.2. The Morgan fingerprint density at radius 3 is 2.47 bits per heavy atom. The van der Waals surface area contributed by atoms with E-state index in [0.29, 0.717) is 25.0 Å². The molecule has 1 atom stereocenters. The van der Waals surface area contributed by atoms with Crippen LogP contribution in [0.4, 0.5) is 13.2 Å². The number of rotatable bonds is 6. The van der Waals surface area contributed by atoms with Crippen LogP contribution in [0.3, 0.4) is 0 Å². The van der Waals surface area contributed by atoms with Gasteiger partial charge < -0.3 is 5.11 Å². The fraction of sp³-hybridized carbons (Fsp3) is 0.455. The van der Waals surface area contributed by atoms with Crippen LogP contribution in [0, 0.1) is 17.5 Å². The highest BCUT2D eigenvalue weighted by Crippen LogP contribution is 2.19. The maximum absolute atomic E-state index is 13.3. The third kappa shape index (κ3) is 3.92. The maximum Gasteiger partial charge on any atom is 0.243 e. The predicted molar refractivity (Wildman–Crippen MR) is 62.4 cm³/mol. The zero-order valence-electron chi connectivity index (χ0n) is 10.2. The molecule has 0 radical (unpaired) electrons. The number of nitrogens with one attached hydrogen (secondary N) is 1. The number of benzene rings is 1. The summed E-state index contributed by atoms with van der Waals surface area (Å²) < 4.78 is 64.3. The van der Waals surface area contributed by atoms with Crippen molar-refractivity contribution >= 4 is 10.0 Å². The summed E-state index contributed by atoms with van der Waals surface area (Å²) in [5.74, 6) is -5.10. The first-order chi connectivity index (χ1) is 8.79. The fourth-order valence-electron chi connectivity index (χ4n) is 1.43. The van der Waals surface area contributed by atoms with Crippen molar-refractivity contribution in [1.82, 2.24) is 4.72 Å². The van der Waals surface area contributed by atoms with Crippen molar-refractivity contribution in [3.63, 3.8) is 0 Å². The average molecular weight is 297 g/mol. The molecule has 0 fully saturated rings. The van der Waals surface area contributed by atoms with Gasteiger partial charge in [-0.1, -0.05) is 13.3 Å². The Balaban J connectivity index is 2.92. The summed E-state index contributed by atoms with van der Waals surface area (Å²) in [4.78, 5) is -0.991. The number of aliphatic hydroxyl groups excluding tert-OH is 1. The second-order valence-corrected chi connectivity index (χ2v) is 5.70. The van der Waals surface area contributed by atoms with Gasteiger partial charge in [0.15, 0.2) is 17.5 Å². The maximum atomic E-state index is 13.3. The van der Waals surface area contributed by atoms with E-state index in [1.165, 1.54) is 0 Å². The van der Waals surface area contributed by atoms with Gasteiger partial charge in [-0.25, -0.2) is 26.3 Å². The van der Waals surface area contributed by atoms with Crippen molar-refractivity contribution in [3.05, 3.63) is 29.6 Å². The summed E-state index contributed by atoms with van der Waals surface area (Å²) in [6.07, 6.45) is 0.0821. The first-order valence-corrected chi connectivity index (χ1v) is 7.09. The molecule has 0 amide bonds. The molecular weight excluding hydrogens is 283 g/mol. The fourth-order valence-corrected chi connectivity index (χ4v) is 2.57. The standard InChI is InChI=1S/C11H14F3NO3S/c1-2-3-7(16)6-15-19(17,18)9-5-4-8(12)10(13)11(9)14/h4-5,7,15-16H,2-3,6H2,1H3. The molecule has 0 aliphatic heterocycles. The van der Waals surface area contributed by atoms with Crippen LogP contribution in [0.15, 0.2) is 17.0 Å². The molecule has 1 aromatic rings. The van der Waals surface area contributed by atoms with Gasteiger partial charge in [0.2, 0.25) is 10.0 Å². The van der Waals surface area contributed by atoms with E-state index in [4.69, 9.17) is 0 Å². The van der Waals surface area contributed by atoms with Crippen molar-refractivity contribution in [3.8, 4) is 0 Å². The van der Waals surface area contributed by atoms with Crippen molar-refractivity contribution < 1.29 is 26.7 Å². The van der Waals surface area contributed by atoms with Crippen molar-refractivity contribution in [2.45, 2.75) is 30.8 Å². The van der Waals surface area contributed by atoms with Crippen molar-refractivity contribution in [2.75, 3.05) is 6.54 Å². The molecule has 1 aromatic carbocycles. The van der Waals surface area contributed by atoms with Gasteiger partial charge in [0.1, 0.15) is 4.90 Å². The Morgan fingerprint density at radius 2 is 1.89 bits per heavy atom. The number of hydrogen-bond acceptors (Lipinski definition) is 3. The number of sulfonamides is 1. The van der Waals surface area contributed by atoms with Gasteiger partial charge in [-0.15, -0.1) is 0 Å². The molecule has 4 nitrogen and oxygen atoms in total. The summed E-state index contributed by atoms with van der Waals surface area (Å²) in [5.41, 5.74) is 0. The van der Waals surface area contributed by atoms with E-state index >= 15 is 0 Å². The highest BCUT2D eigenvalue weighted by molar-refractivity contribution is 7.89. The monoisotopic (exact) mass is 297 g/mol. The number of aliphatic hydroxyl groups is 1. The van der Waals surface area contributed by atoms with Crippen LogP contribution in [-0.4, -0.2) is 26.2 Å². The zero-order chi connectivity index (χ0) is 14.6. The Bertz CT molecular complexity index is 548. The second kappa shape index (κ2) is 6.36. The molecule has 0 heterocycles. The Hall–Kier alpha value is -1.12. The van der Waals surface area contributed by atoms with E-state index < -0.39 is 38.5 Å². The second-order valence-electron chi connectivity index (χ2n) is 3.97. The summed E-state index contributed by atoms with van der Waals surface area (Å²) in [6, 6.07) is 1.15. The smallest absolute Gasteiger partial charge is 0.243 e. The van der Waals surface area contributed by atoms with Crippen molar-refractivity contribution in [1.29, 1.82) is 0 Å². The van der Waals surface area contributed by atoms with Crippen LogP contribution in [-0.2, 0) is 10.0 Å². The van der Waals surface area contributed by atoms with E-state index in [1.807, 2.05) is 4.72 Å². The molecule has 1 unspecified atom stereocenters. The summed E-state index contributed by atoms with van der Waals surface area (Å²) >= 11 is 0. The number of hydrogen-bond donors (Lipinski definition) is 2. The topological polar surface area (TPSA) is 66.4 Å². The molecule has 1 rings (SSSR count). The summed E-state index contributed by atoms with van der Waals surface area (Å²) in [6.45, 7) is 1.47. The highest BCUT2D eigenvalue weighted by Gasteiger charge is 2.24. The molecule has 0 saturated heterocycles. The SMILES string of the molecule is CCCC(O)CNS(=O)(=O)c1ccc(F)c(F)c1F. The highest BCUT2D eigenvalue weighted by atomic mass is 32.2. The van der Waals surface area contributed by atoms with Gasteiger partial charge in [0.05, 0.1) is 6.10 Å². The minimum atomic E-state index is -4.34. The Kier molecular flexibility index (Phi) is 5.33. The first-order valence-electron chi connectivity index (χ1n) is 5.60. The molecule has 0 spiro atoms. The molecule has 0 bridgehead atoms. The van der Waals surface area contributed by atoms with E-state index in [1.54, 1.807) is 6.92 Å². The van der Waals surface area contributed by atoms with Gasteiger partial charge in [-0.05, 0) is 18.6 Å². The van der Waals surface area contributed by atoms with E-state index in [9.17, 15) is 26.7 Å². The van der Waals surface area contributed by atoms with Gasteiger partial charge in [0, 0.05) is 6.54 Å². The molecule has 0 aliphatic rings. The molecule has 2 N–H and O–H groups in total. The lowest BCUT2D eigenvalue weighted by molar-refractivity contribution is 0.167. The van der Waals surface area contributed by atoms with E-state index in [0.717, 1.165) is 0 Å². The molecule has 0 aromatic heterocycles. The Labute approximate surface area is 109 Å².